The minimum atomic E-state index is -0.0557. The van der Waals surface area contributed by atoms with Gasteiger partial charge in [0.2, 0.25) is 5.91 Å². The topological polar surface area (TPSA) is 51.1 Å². The van der Waals surface area contributed by atoms with E-state index in [0.717, 1.165) is 21.5 Å². The number of carbonyl (C=O) groups excluding carboxylic acids is 1. The molecule has 0 aliphatic rings. The zero-order valence-corrected chi connectivity index (χ0v) is 14.9. The number of anilines is 1. The van der Waals surface area contributed by atoms with Crippen LogP contribution in [0.1, 0.15) is 23.6 Å². The van der Waals surface area contributed by atoms with E-state index in [-0.39, 0.29) is 10.8 Å². The van der Waals surface area contributed by atoms with Gasteiger partial charge in [-0.1, -0.05) is 29.5 Å². The fourth-order valence-corrected chi connectivity index (χ4v) is 3.74. The molecule has 0 bridgehead atoms. The van der Waals surface area contributed by atoms with Crippen LogP contribution in [0.2, 0.25) is 0 Å². The highest BCUT2D eigenvalue weighted by molar-refractivity contribution is 7.16. The minimum Gasteiger partial charge on any atom is -0.326 e. The summed E-state index contributed by atoms with van der Waals surface area (Å²) < 4.78 is 2.63. The van der Waals surface area contributed by atoms with Crippen LogP contribution in [0, 0.1) is 13.8 Å². The predicted molar refractivity (Wildman–Crippen MR) is 100 cm³/mol. The summed E-state index contributed by atoms with van der Waals surface area (Å²) in [6.07, 6.45) is 0.339. The molecule has 4 nitrogen and oxygen atoms in total. The molecule has 0 unspecified atom stereocenters. The van der Waals surface area contributed by atoms with E-state index in [2.05, 4.69) is 12.2 Å². The van der Waals surface area contributed by atoms with Crippen LogP contribution in [-0.4, -0.2) is 10.5 Å². The summed E-state index contributed by atoms with van der Waals surface area (Å²) in [6.45, 7) is 6.71. The molecular formula is C19H20N2O2S. The van der Waals surface area contributed by atoms with Gasteiger partial charge in [-0.3, -0.25) is 14.2 Å². The fourth-order valence-electron chi connectivity index (χ4n) is 2.75. The Bertz CT molecular complexity index is 969. The first-order valence-electron chi connectivity index (χ1n) is 7.97. The van der Waals surface area contributed by atoms with Gasteiger partial charge in [-0.15, -0.1) is 0 Å². The van der Waals surface area contributed by atoms with Crippen molar-refractivity contribution >= 4 is 33.1 Å². The highest BCUT2D eigenvalue weighted by Crippen LogP contribution is 2.22. The zero-order valence-electron chi connectivity index (χ0n) is 14.1. The molecule has 3 rings (SSSR count). The number of nitrogens with one attached hydrogen (secondary N) is 1. The fraction of sp³-hybridized carbons (Fsp3) is 0.263. The first-order valence-corrected chi connectivity index (χ1v) is 8.79. The summed E-state index contributed by atoms with van der Waals surface area (Å²) in [5, 5.41) is 2.92. The Morgan fingerprint density at radius 1 is 1.12 bits per heavy atom. The van der Waals surface area contributed by atoms with Gasteiger partial charge in [-0.05, 0) is 55.7 Å². The number of nitrogens with zero attached hydrogens (tertiary/aromatic N) is 1. The van der Waals surface area contributed by atoms with E-state index >= 15 is 0 Å². The summed E-state index contributed by atoms with van der Waals surface area (Å²) in [7, 11) is 0. The van der Waals surface area contributed by atoms with Gasteiger partial charge < -0.3 is 5.32 Å². The van der Waals surface area contributed by atoms with E-state index < -0.39 is 0 Å². The number of thiazole rings is 1. The summed E-state index contributed by atoms with van der Waals surface area (Å²) >= 11 is 1.21. The molecule has 0 saturated carbocycles. The first-order chi connectivity index (χ1) is 11.5. The second-order valence-electron chi connectivity index (χ2n) is 5.94. The molecule has 1 aromatic heterocycles. The lowest BCUT2D eigenvalue weighted by Gasteiger charge is -2.07. The average molecular weight is 340 g/mol. The van der Waals surface area contributed by atoms with Crippen LogP contribution in [0.25, 0.3) is 10.2 Å². The third-order valence-electron chi connectivity index (χ3n) is 4.20. The third kappa shape index (κ3) is 3.26. The van der Waals surface area contributed by atoms with Gasteiger partial charge >= 0.3 is 4.87 Å². The van der Waals surface area contributed by atoms with Crippen LogP contribution in [0.4, 0.5) is 5.69 Å². The van der Waals surface area contributed by atoms with Gasteiger partial charge in [0.15, 0.2) is 0 Å². The number of aryl methyl sites for hydroxylation is 3. The maximum atomic E-state index is 12.3. The molecule has 3 aromatic rings. The van der Waals surface area contributed by atoms with Gasteiger partial charge in [-0.25, -0.2) is 0 Å². The number of amides is 1. The molecule has 1 amide bonds. The normalized spacial score (nSPS) is 11.0. The number of fused-ring (bicyclic) bond motifs is 1. The van der Waals surface area contributed by atoms with Crippen LogP contribution >= 0.6 is 11.3 Å². The summed E-state index contributed by atoms with van der Waals surface area (Å²) in [6, 6.07) is 11.7. The molecule has 124 valence electrons. The van der Waals surface area contributed by atoms with Crippen molar-refractivity contribution < 1.29 is 4.79 Å². The lowest BCUT2D eigenvalue weighted by molar-refractivity contribution is -0.115. The quantitative estimate of drug-likeness (QED) is 0.783. The molecule has 24 heavy (non-hydrogen) atoms. The Morgan fingerprint density at radius 2 is 1.92 bits per heavy atom. The van der Waals surface area contributed by atoms with Gasteiger partial charge in [0.05, 0.1) is 16.6 Å². The van der Waals surface area contributed by atoms with Gasteiger partial charge in [-0.2, -0.15) is 0 Å². The number of hydrogen-bond acceptors (Lipinski definition) is 3. The van der Waals surface area contributed by atoms with Gasteiger partial charge in [0.25, 0.3) is 0 Å². The van der Waals surface area contributed by atoms with Crippen molar-refractivity contribution in [2.45, 2.75) is 33.7 Å². The van der Waals surface area contributed by atoms with Crippen LogP contribution in [0.15, 0.2) is 41.2 Å². The van der Waals surface area contributed by atoms with Gasteiger partial charge in [0, 0.05) is 12.2 Å². The molecule has 0 saturated heterocycles. The molecule has 0 spiro atoms. The molecule has 1 N–H and O–H groups in total. The van der Waals surface area contributed by atoms with Gasteiger partial charge in [0.1, 0.15) is 0 Å². The summed E-state index contributed by atoms with van der Waals surface area (Å²) in [5.41, 5.74) is 5.05. The first kappa shape index (κ1) is 16.5. The van der Waals surface area contributed by atoms with E-state index in [0.29, 0.717) is 13.0 Å². The summed E-state index contributed by atoms with van der Waals surface area (Å²) in [5.74, 6) is -0.0557. The monoisotopic (exact) mass is 340 g/mol. The molecule has 0 atom stereocenters. The second-order valence-corrected chi connectivity index (χ2v) is 6.93. The maximum Gasteiger partial charge on any atom is 0.308 e. The minimum absolute atomic E-state index is 0.0334. The smallest absolute Gasteiger partial charge is 0.308 e. The maximum absolute atomic E-state index is 12.3. The van der Waals surface area contributed by atoms with Crippen molar-refractivity contribution in [3.05, 3.63) is 62.8 Å². The summed E-state index contributed by atoms with van der Waals surface area (Å²) in [4.78, 5) is 24.2. The van der Waals surface area contributed by atoms with Crippen LogP contribution in [-0.2, 0) is 17.8 Å². The Balaban J connectivity index is 1.77. The standard InChI is InChI=1S/C19H20N2O2S/c1-4-21-16-8-7-15(11-17(16)24-19(21)23)20-18(22)10-14-6-5-12(2)13(3)9-14/h5-9,11H,4,10H2,1-3H3,(H,20,22). The van der Waals surface area contributed by atoms with E-state index in [1.54, 1.807) is 4.57 Å². The number of aromatic nitrogens is 1. The molecule has 5 heteroatoms. The Hall–Kier alpha value is -2.40. The van der Waals surface area contributed by atoms with Crippen molar-refractivity contribution in [2.75, 3.05) is 5.32 Å². The Labute approximate surface area is 144 Å². The number of hydrogen-bond donors (Lipinski definition) is 1. The Morgan fingerprint density at radius 3 is 2.62 bits per heavy atom. The lowest BCUT2D eigenvalue weighted by Crippen LogP contribution is -2.14. The highest BCUT2D eigenvalue weighted by atomic mass is 32.1. The van der Waals surface area contributed by atoms with E-state index in [9.17, 15) is 9.59 Å². The highest BCUT2D eigenvalue weighted by Gasteiger charge is 2.09. The van der Waals surface area contributed by atoms with Crippen LogP contribution < -0.4 is 10.2 Å². The molecular weight excluding hydrogens is 320 g/mol. The van der Waals surface area contributed by atoms with E-state index in [4.69, 9.17) is 0 Å². The van der Waals surface area contributed by atoms with Crippen molar-refractivity contribution in [3.8, 4) is 0 Å². The largest absolute Gasteiger partial charge is 0.326 e. The van der Waals surface area contributed by atoms with E-state index in [1.807, 2.05) is 50.2 Å². The Kier molecular flexibility index (Phi) is 4.53. The van der Waals surface area contributed by atoms with Crippen molar-refractivity contribution in [1.29, 1.82) is 0 Å². The second kappa shape index (κ2) is 6.61. The van der Waals surface area contributed by atoms with Crippen LogP contribution in [0.3, 0.4) is 0 Å². The average Bonchev–Trinajstić information content (AvgIpc) is 2.85. The zero-order chi connectivity index (χ0) is 17.3. The van der Waals surface area contributed by atoms with Crippen molar-refractivity contribution in [3.63, 3.8) is 0 Å². The molecule has 0 fully saturated rings. The number of benzene rings is 2. The SMILES string of the molecule is CCn1c(=O)sc2cc(NC(=O)Cc3ccc(C)c(C)c3)ccc21. The van der Waals surface area contributed by atoms with E-state index in [1.165, 1.54) is 22.5 Å². The van der Waals surface area contributed by atoms with Crippen molar-refractivity contribution in [2.24, 2.45) is 0 Å². The third-order valence-corrected chi connectivity index (χ3v) is 5.15. The molecule has 0 aliphatic heterocycles. The van der Waals surface area contributed by atoms with Crippen molar-refractivity contribution in [1.82, 2.24) is 4.57 Å². The number of carbonyl (C=O) groups is 1. The number of rotatable bonds is 4. The van der Waals surface area contributed by atoms with Crippen LogP contribution in [0.5, 0.6) is 0 Å². The molecule has 2 aromatic carbocycles. The predicted octanol–water partition coefficient (Wildman–Crippen LogP) is 3.88. The molecule has 0 aliphatic carbocycles. The molecule has 0 radical (unpaired) electrons. The lowest BCUT2D eigenvalue weighted by atomic mass is 10.0. The molecule has 1 heterocycles.